The van der Waals surface area contributed by atoms with E-state index in [2.05, 4.69) is 52.0 Å². The minimum atomic E-state index is 0.205. The Hall–Kier alpha value is -0.820. The molecule has 0 fully saturated rings. The lowest BCUT2D eigenvalue weighted by Crippen LogP contribution is -2.19. The zero-order valence-electron chi connectivity index (χ0n) is 10.2. The molecule has 1 aromatic rings. The van der Waals surface area contributed by atoms with Gasteiger partial charge >= 0.3 is 0 Å². The van der Waals surface area contributed by atoms with Crippen molar-refractivity contribution in [2.24, 2.45) is 5.41 Å². The number of aryl methyl sites for hydroxylation is 1. The van der Waals surface area contributed by atoms with E-state index in [1.807, 2.05) is 0 Å². The van der Waals surface area contributed by atoms with Crippen molar-refractivity contribution in [2.45, 2.75) is 40.0 Å². The van der Waals surface area contributed by atoms with Crippen molar-refractivity contribution < 1.29 is 5.11 Å². The van der Waals surface area contributed by atoms with Crippen LogP contribution in [-0.4, -0.2) is 11.7 Å². The topological polar surface area (TPSA) is 20.2 Å². The molecular formula is C14H22O. The third-order valence-corrected chi connectivity index (χ3v) is 2.91. The summed E-state index contributed by atoms with van der Waals surface area (Å²) in [6, 6.07) is 8.60. The van der Waals surface area contributed by atoms with Gasteiger partial charge in [0.2, 0.25) is 0 Å². The van der Waals surface area contributed by atoms with Gasteiger partial charge in [-0.2, -0.15) is 0 Å². The Balaban J connectivity index is 2.99. The minimum Gasteiger partial charge on any atom is -0.396 e. The van der Waals surface area contributed by atoms with Crippen molar-refractivity contribution >= 4 is 0 Å². The maximum absolute atomic E-state index is 9.13. The molecule has 0 radical (unpaired) electrons. The Morgan fingerprint density at radius 1 is 1.27 bits per heavy atom. The van der Waals surface area contributed by atoms with Gasteiger partial charge in [0, 0.05) is 6.61 Å². The van der Waals surface area contributed by atoms with Crippen LogP contribution in [0.3, 0.4) is 0 Å². The molecule has 0 aliphatic rings. The lowest BCUT2D eigenvalue weighted by molar-refractivity contribution is 0.223. The zero-order valence-corrected chi connectivity index (χ0v) is 10.2. The van der Waals surface area contributed by atoms with Crippen LogP contribution in [0, 0.1) is 12.3 Å². The van der Waals surface area contributed by atoms with Crippen molar-refractivity contribution in [2.75, 3.05) is 6.61 Å². The minimum absolute atomic E-state index is 0.205. The van der Waals surface area contributed by atoms with Crippen LogP contribution >= 0.6 is 0 Å². The van der Waals surface area contributed by atoms with E-state index in [1.165, 1.54) is 11.1 Å². The Kier molecular flexibility index (Phi) is 3.92. The van der Waals surface area contributed by atoms with Crippen LogP contribution < -0.4 is 0 Å². The van der Waals surface area contributed by atoms with Gasteiger partial charge in [-0.15, -0.1) is 0 Å². The van der Waals surface area contributed by atoms with Crippen LogP contribution in [0.5, 0.6) is 0 Å². The van der Waals surface area contributed by atoms with Crippen molar-refractivity contribution in [3.05, 3.63) is 35.4 Å². The van der Waals surface area contributed by atoms with Crippen LogP contribution in [0.1, 0.15) is 44.2 Å². The van der Waals surface area contributed by atoms with Crippen LogP contribution in [0.2, 0.25) is 0 Å². The highest BCUT2D eigenvalue weighted by Crippen LogP contribution is 2.37. The lowest BCUT2D eigenvalue weighted by Gasteiger charge is -2.31. The molecule has 0 saturated carbocycles. The summed E-state index contributed by atoms with van der Waals surface area (Å²) in [5.41, 5.74) is 2.84. The summed E-state index contributed by atoms with van der Waals surface area (Å²) >= 11 is 0. The van der Waals surface area contributed by atoms with Gasteiger partial charge in [0.05, 0.1) is 0 Å². The Bertz CT molecular complexity index is 309. The summed E-state index contributed by atoms with van der Waals surface area (Å²) in [6.07, 6.45) is 0.840. The van der Waals surface area contributed by atoms with Crippen LogP contribution in [0.4, 0.5) is 0 Å². The monoisotopic (exact) mass is 206 g/mol. The van der Waals surface area contributed by atoms with Crippen molar-refractivity contribution in [3.63, 3.8) is 0 Å². The average molecular weight is 206 g/mol. The van der Waals surface area contributed by atoms with Crippen molar-refractivity contribution in [3.8, 4) is 0 Å². The zero-order chi connectivity index (χ0) is 11.5. The van der Waals surface area contributed by atoms with Crippen LogP contribution in [0.25, 0.3) is 0 Å². The van der Waals surface area contributed by atoms with E-state index >= 15 is 0 Å². The third-order valence-electron chi connectivity index (χ3n) is 2.91. The molecule has 0 aromatic heterocycles. The summed E-state index contributed by atoms with van der Waals surface area (Å²) in [5, 5.41) is 9.13. The molecule has 15 heavy (non-hydrogen) atoms. The highest BCUT2D eigenvalue weighted by Gasteiger charge is 2.25. The maximum Gasteiger partial charge on any atom is 0.0437 e. The van der Waals surface area contributed by atoms with Crippen LogP contribution in [0.15, 0.2) is 24.3 Å². The molecule has 0 spiro atoms. The van der Waals surface area contributed by atoms with Crippen LogP contribution in [-0.2, 0) is 0 Å². The molecule has 0 aliphatic heterocycles. The summed E-state index contributed by atoms with van der Waals surface area (Å²) < 4.78 is 0. The first kappa shape index (κ1) is 12.3. The first-order valence-electron chi connectivity index (χ1n) is 5.62. The largest absolute Gasteiger partial charge is 0.396 e. The Morgan fingerprint density at radius 2 is 1.93 bits per heavy atom. The molecule has 1 heteroatoms. The number of aliphatic hydroxyl groups excluding tert-OH is 1. The van der Waals surface area contributed by atoms with Gasteiger partial charge in [0.1, 0.15) is 0 Å². The van der Waals surface area contributed by atoms with Crippen molar-refractivity contribution in [1.29, 1.82) is 0 Å². The van der Waals surface area contributed by atoms with E-state index in [-0.39, 0.29) is 12.0 Å². The number of rotatable bonds is 3. The number of aliphatic hydroxyl groups is 1. The first-order valence-corrected chi connectivity index (χ1v) is 5.62. The van der Waals surface area contributed by atoms with Gasteiger partial charge in [-0.25, -0.2) is 0 Å². The fraction of sp³-hybridized carbons (Fsp3) is 0.571. The number of hydrogen-bond acceptors (Lipinski definition) is 1. The molecular weight excluding hydrogens is 184 g/mol. The molecule has 1 rings (SSSR count). The molecule has 0 aliphatic carbocycles. The Morgan fingerprint density at radius 3 is 2.40 bits per heavy atom. The predicted molar refractivity (Wildman–Crippen MR) is 65.1 cm³/mol. The lowest BCUT2D eigenvalue weighted by atomic mass is 9.74. The molecule has 0 bridgehead atoms. The third kappa shape index (κ3) is 3.35. The fourth-order valence-electron chi connectivity index (χ4n) is 2.12. The molecule has 1 unspecified atom stereocenters. The summed E-state index contributed by atoms with van der Waals surface area (Å²) in [7, 11) is 0. The van der Waals surface area contributed by atoms with Gasteiger partial charge in [0.25, 0.3) is 0 Å². The maximum atomic E-state index is 9.13. The number of hydrogen-bond donors (Lipinski definition) is 1. The average Bonchev–Trinajstić information content (AvgIpc) is 2.12. The molecule has 1 N–H and O–H groups in total. The smallest absolute Gasteiger partial charge is 0.0437 e. The highest BCUT2D eigenvalue weighted by atomic mass is 16.3. The first-order chi connectivity index (χ1) is 6.95. The van der Waals surface area contributed by atoms with E-state index < -0.39 is 0 Å². The second kappa shape index (κ2) is 4.80. The van der Waals surface area contributed by atoms with E-state index in [1.54, 1.807) is 0 Å². The Labute approximate surface area is 93.1 Å². The van der Waals surface area contributed by atoms with E-state index in [0.717, 1.165) is 6.42 Å². The quantitative estimate of drug-likeness (QED) is 0.802. The van der Waals surface area contributed by atoms with Crippen molar-refractivity contribution in [1.82, 2.24) is 0 Å². The normalized spacial score (nSPS) is 13.9. The molecule has 1 nitrogen and oxygen atoms in total. The van der Waals surface area contributed by atoms with E-state index in [4.69, 9.17) is 5.11 Å². The molecule has 84 valence electrons. The second-order valence-electron chi connectivity index (χ2n) is 5.35. The van der Waals surface area contributed by atoms with Gasteiger partial charge in [-0.1, -0.05) is 50.6 Å². The molecule has 0 amide bonds. The summed E-state index contributed by atoms with van der Waals surface area (Å²) in [4.78, 5) is 0. The van der Waals surface area contributed by atoms with E-state index in [0.29, 0.717) is 5.92 Å². The van der Waals surface area contributed by atoms with Gasteiger partial charge in [0.15, 0.2) is 0 Å². The van der Waals surface area contributed by atoms with Gasteiger partial charge in [-0.3, -0.25) is 0 Å². The second-order valence-corrected chi connectivity index (χ2v) is 5.35. The molecule has 0 saturated heterocycles. The van der Waals surface area contributed by atoms with E-state index in [9.17, 15) is 0 Å². The number of benzene rings is 1. The molecule has 1 atom stereocenters. The summed E-state index contributed by atoms with van der Waals surface area (Å²) in [6.45, 7) is 9.07. The molecule has 0 heterocycles. The predicted octanol–water partition coefficient (Wildman–Crippen LogP) is 3.51. The summed E-state index contributed by atoms with van der Waals surface area (Å²) in [5.74, 6) is 0.433. The van der Waals surface area contributed by atoms with Gasteiger partial charge in [-0.05, 0) is 30.2 Å². The SMILES string of the molecule is Cc1cccc(C(CCO)C(C)(C)C)c1. The standard InChI is InChI=1S/C14H22O/c1-11-6-5-7-12(10-11)13(8-9-15)14(2,3)4/h5-7,10,13,15H,8-9H2,1-4H3. The molecule has 1 aromatic carbocycles. The fourth-order valence-corrected chi connectivity index (χ4v) is 2.12. The van der Waals surface area contributed by atoms with Gasteiger partial charge < -0.3 is 5.11 Å². The highest BCUT2D eigenvalue weighted by molar-refractivity contribution is 5.26.